The van der Waals surface area contributed by atoms with Crippen LogP contribution in [0.4, 0.5) is 0 Å². The van der Waals surface area contributed by atoms with E-state index in [1.54, 1.807) is 0 Å². The molecule has 4 heteroatoms. The largest absolute Gasteiger partial charge is 0.431 e. The lowest BCUT2D eigenvalue weighted by atomic mass is 10.2. The van der Waals surface area contributed by atoms with E-state index in [-0.39, 0.29) is 12.2 Å². The van der Waals surface area contributed by atoms with Crippen molar-refractivity contribution in [3.05, 3.63) is 41.9 Å². The first-order valence-electron chi connectivity index (χ1n) is 5.28. The van der Waals surface area contributed by atoms with Gasteiger partial charge in [0.15, 0.2) is 0 Å². The molecule has 1 heterocycles. The van der Waals surface area contributed by atoms with Crippen LogP contribution in [0.25, 0.3) is 0 Å². The fourth-order valence-corrected chi connectivity index (χ4v) is 1.34. The van der Waals surface area contributed by atoms with Crippen LogP contribution in [-0.4, -0.2) is 16.7 Å². The van der Waals surface area contributed by atoms with Gasteiger partial charge in [-0.25, -0.2) is 0 Å². The topological polar surface area (TPSA) is 56.3 Å². The monoisotopic (exact) mass is 233 g/mol. The van der Waals surface area contributed by atoms with E-state index in [1.807, 2.05) is 25.1 Å². The lowest BCUT2D eigenvalue weighted by molar-refractivity contribution is -0.142. The van der Waals surface area contributed by atoms with Gasteiger partial charge < -0.3 is 4.74 Å². The molecule has 90 valence electrons. The van der Waals surface area contributed by atoms with E-state index in [0.717, 1.165) is 11.4 Å². The van der Waals surface area contributed by atoms with Crippen molar-refractivity contribution in [1.29, 1.82) is 0 Å². The third-order valence-electron chi connectivity index (χ3n) is 1.98. The fraction of sp³-hybridized carbons (Fsp3) is 0.308. The van der Waals surface area contributed by atoms with Crippen molar-refractivity contribution in [2.24, 2.45) is 0 Å². The second-order valence-electron chi connectivity index (χ2n) is 3.84. The summed E-state index contributed by atoms with van der Waals surface area (Å²) < 4.78 is 4.91. The summed E-state index contributed by atoms with van der Waals surface area (Å²) in [7, 11) is 0. The van der Waals surface area contributed by atoms with E-state index >= 15 is 0 Å². The molecule has 4 nitrogen and oxygen atoms in total. The number of rotatable bonds is 5. The van der Waals surface area contributed by atoms with Crippen LogP contribution in [0.1, 0.15) is 24.7 Å². The number of aromatic nitrogens is 1. The lowest BCUT2D eigenvalue weighted by Gasteiger charge is -2.06. The van der Waals surface area contributed by atoms with Gasteiger partial charge in [0.1, 0.15) is 18.0 Å². The number of nitrogens with zero attached hydrogens (tertiary/aromatic N) is 1. The van der Waals surface area contributed by atoms with Crippen LogP contribution in [0.5, 0.6) is 0 Å². The number of pyridine rings is 1. The molecule has 0 saturated carbocycles. The van der Waals surface area contributed by atoms with E-state index in [1.165, 1.54) is 6.92 Å². The summed E-state index contributed by atoms with van der Waals surface area (Å²) in [4.78, 5) is 26.2. The highest BCUT2D eigenvalue weighted by Gasteiger charge is 2.09. The van der Waals surface area contributed by atoms with E-state index in [4.69, 9.17) is 4.74 Å². The molecule has 1 aromatic rings. The van der Waals surface area contributed by atoms with Gasteiger partial charge in [-0.05, 0) is 26.0 Å². The molecule has 0 aliphatic carbocycles. The number of carbonyl (C=O) groups is 2. The van der Waals surface area contributed by atoms with E-state index in [9.17, 15) is 9.59 Å². The third-order valence-corrected chi connectivity index (χ3v) is 1.98. The fourth-order valence-electron chi connectivity index (χ4n) is 1.34. The summed E-state index contributed by atoms with van der Waals surface area (Å²) in [6, 6.07) is 5.59. The SMILES string of the molecule is C=C(Cc1cccc(C)n1)OC(=O)CC(C)=O. The van der Waals surface area contributed by atoms with Crippen molar-refractivity contribution in [2.75, 3.05) is 0 Å². The maximum absolute atomic E-state index is 11.2. The van der Waals surface area contributed by atoms with Crippen molar-refractivity contribution in [3.63, 3.8) is 0 Å². The second-order valence-corrected chi connectivity index (χ2v) is 3.84. The predicted octanol–water partition coefficient (Wildman–Crippen LogP) is 1.97. The summed E-state index contributed by atoms with van der Waals surface area (Å²) in [5.74, 6) is -0.499. The minimum absolute atomic E-state index is 0.222. The number of carbonyl (C=O) groups excluding carboxylic acids is 2. The Labute approximate surface area is 100 Å². The number of ether oxygens (including phenoxy) is 1. The summed E-state index contributed by atoms with van der Waals surface area (Å²) in [5.41, 5.74) is 1.68. The molecule has 0 N–H and O–H groups in total. The molecule has 0 aliphatic heterocycles. The van der Waals surface area contributed by atoms with E-state index in [2.05, 4.69) is 11.6 Å². The molecule has 1 aromatic heterocycles. The molecule has 0 atom stereocenters. The highest BCUT2D eigenvalue weighted by Crippen LogP contribution is 2.07. The quantitative estimate of drug-likeness (QED) is 0.443. The van der Waals surface area contributed by atoms with Crippen molar-refractivity contribution < 1.29 is 14.3 Å². The van der Waals surface area contributed by atoms with Crippen LogP contribution in [0.3, 0.4) is 0 Å². The Balaban J connectivity index is 2.50. The maximum Gasteiger partial charge on any atom is 0.318 e. The number of aryl methyl sites for hydroxylation is 1. The Morgan fingerprint density at radius 2 is 2.12 bits per heavy atom. The van der Waals surface area contributed by atoms with Crippen LogP contribution < -0.4 is 0 Å². The van der Waals surface area contributed by atoms with Crippen molar-refractivity contribution in [3.8, 4) is 0 Å². The van der Waals surface area contributed by atoms with Crippen LogP contribution in [-0.2, 0) is 20.7 Å². The first kappa shape index (κ1) is 13.1. The zero-order valence-electron chi connectivity index (χ0n) is 10.0. The normalized spacial score (nSPS) is 9.76. The van der Waals surface area contributed by atoms with Crippen molar-refractivity contribution in [1.82, 2.24) is 4.98 Å². The van der Waals surface area contributed by atoms with Crippen LogP contribution in [0, 0.1) is 6.92 Å². The second kappa shape index (κ2) is 5.94. The number of esters is 1. The average molecular weight is 233 g/mol. The van der Waals surface area contributed by atoms with Gasteiger partial charge in [-0.3, -0.25) is 14.6 Å². The third kappa shape index (κ3) is 5.06. The molecule has 0 fully saturated rings. The molecular formula is C13H15NO3. The summed E-state index contributed by atoms with van der Waals surface area (Å²) in [6.07, 6.45) is 0.144. The smallest absolute Gasteiger partial charge is 0.318 e. The number of hydrogen-bond acceptors (Lipinski definition) is 4. The van der Waals surface area contributed by atoms with Crippen LogP contribution in [0.2, 0.25) is 0 Å². The van der Waals surface area contributed by atoms with Crippen molar-refractivity contribution in [2.45, 2.75) is 26.7 Å². The minimum Gasteiger partial charge on any atom is -0.431 e. The molecule has 0 saturated heterocycles. The van der Waals surface area contributed by atoms with Crippen LogP contribution >= 0.6 is 0 Å². The van der Waals surface area contributed by atoms with E-state index in [0.29, 0.717) is 12.2 Å². The van der Waals surface area contributed by atoms with Gasteiger partial charge in [0.2, 0.25) is 0 Å². The molecule has 0 aliphatic rings. The van der Waals surface area contributed by atoms with Crippen molar-refractivity contribution >= 4 is 11.8 Å². The number of allylic oxidation sites excluding steroid dienone is 1. The molecule has 17 heavy (non-hydrogen) atoms. The molecule has 0 radical (unpaired) electrons. The number of Topliss-reactive ketones (excluding diaryl/α,β-unsaturated/α-hetero) is 1. The lowest BCUT2D eigenvalue weighted by Crippen LogP contribution is -2.09. The van der Waals surface area contributed by atoms with Gasteiger partial charge in [0, 0.05) is 17.8 Å². The van der Waals surface area contributed by atoms with Gasteiger partial charge in [-0.15, -0.1) is 0 Å². The Morgan fingerprint density at radius 3 is 2.71 bits per heavy atom. The van der Waals surface area contributed by atoms with Gasteiger partial charge in [0.05, 0.1) is 0 Å². The minimum atomic E-state index is -0.574. The Bertz CT molecular complexity index is 452. The standard InChI is InChI=1S/C13H15NO3/c1-9-5-4-6-12(14-9)8-11(3)17-13(16)7-10(2)15/h4-6H,3,7-8H2,1-2H3. The van der Waals surface area contributed by atoms with E-state index < -0.39 is 5.97 Å². The first-order valence-corrected chi connectivity index (χ1v) is 5.28. The van der Waals surface area contributed by atoms with Gasteiger partial charge in [-0.2, -0.15) is 0 Å². The molecule has 0 bridgehead atoms. The number of hydrogen-bond donors (Lipinski definition) is 0. The predicted molar refractivity (Wildman–Crippen MR) is 63.2 cm³/mol. The molecule has 0 unspecified atom stereocenters. The summed E-state index contributed by atoms with van der Waals surface area (Å²) in [5, 5.41) is 0. The Morgan fingerprint density at radius 1 is 1.41 bits per heavy atom. The number of ketones is 1. The van der Waals surface area contributed by atoms with Crippen LogP contribution in [0.15, 0.2) is 30.5 Å². The molecular weight excluding hydrogens is 218 g/mol. The highest BCUT2D eigenvalue weighted by atomic mass is 16.5. The van der Waals surface area contributed by atoms with Gasteiger partial charge >= 0.3 is 5.97 Å². The first-order chi connectivity index (χ1) is 7.97. The molecule has 0 spiro atoms. The maximum atomic E-state index is 11.2. The summed E-state index contributed by atoms with van der Waals surface area (Å²) in [6.45, 7) is 6.85. The molecule has 1 rings (SSSR count). The van der Waals surface area contributed by atoms with Gasteiger partial charge in [-0.1, -0.05) is 12.6 Å². The zero-order valence-corrected chi connectivity index (χ0v) is 10.0. The van der Waals surface area contributed by atoms with Gasteiger partial charge in [0.25, 0.3) is 0 Å². The zero-order chi connectivity index (χ0) is 12.8. The summed E-state index contributed by atoms with van der Waals surface area (Å²) >= 11 is 0. The highest BCUT2D eigenvalue weighted by molar-refractivity contribution is 5.94. The average Bonchev–Trinajstić information content (AvgIpc) is 2.14. The Kier molecular flexibility index (Phi) is 4.57. The molecule has 0 amide bonds. The Hall–Kier alpha value is -1.97. The molecule has 0 aromatic carbocycles.